The molecule has 0 aromatic heterocycles. The second-order valence-electron chi connectivity index (χ2n) is 4.85. The molecular weight excluding hydrogens is 389 g/mol. The summed E-state index contributed by atoms with van der Waals surface area (Å²) in [7, 11) is 1.65. The van der Waals surface area contributed by atoms with Crippen LogP contribution in [0.25, 0.3) is 0 Å². The van der Waals surface area contributed by atoms with Crippen molar-refractivity contribution in [3.05, 3.63) is 57.0 Å². The normalized spacial score (nSPS) is 10.2. The van der Waals surface area contributed by atoms with Gasteiger partial charge in [-0.15, -0.1) is 0 Å². The molecule has 0 saturated heterocycles. The lowest BCUT2D eigenvalue weighted by Crippen LogP contribution is -2.39. The summed E-state index contributed by atoms with van der Waals surface area (Å²) in [6, 6.07) is 11.1. The van der Waals surface area contributed by atoms with Gasteiger partial charge in [0, 0.05) is 11.6 Å². The van der Waals surface area contributed by atoms with Gasteiger partial charge in [0.2, 0.25) is 0 Å². The van der Waals surface area contributed by atoms with Gasteiger partial charge in [-0.05, 0) is 48.5 Å². The first-order valence-corrected chi connectivity index (χ1v) is 8.61. The molecular formula is C16H16Cl3N3OS. The van der Waals surface area contributed by atoms with Gasteiger partial charge in [-0.25, -0.2) is 0 Å². The Morgan fingerprint density at radius 2 is 1.71 bits per heavy atom. The third-order valence-electron chi connectivity index (χ3n) is 3.17. The first-order valence-electron chi connectivity index (χ1n) is 7.07. The maximum atomic E-state index is 6.08. The minimum absolute atomic E-state index is 0.404. The number of thiocarbonyl (C=S) groups is 1. The molecule has 0 aliphatic heterocycles. The Kier molecular flexibility index (Phi) is 7.24. The molecule has 0 spiro atoms. The van der Waals surface area contributed by atoms with E-state index in [1.165, 1.54) is 5.56 Å². The van der Waals surface area contributed by atoms with Crippen molar-refractivity contribution in [3.8, 4) is 5.75 Å². The van der Waals surface area contributed by atoms with Crippen molar-refractivity contribution in [2.24, 2.45) is 0 Å². The van der Waals surface area contributed by atoms with E-state index in [1.54, 1.807) is 19.2 Å². The highest BCUT2D eigenvalue weighted by Gasteiger charge is 2.07. The third-order valence-corrected chi connectivity index (χ3v) is 4.23. The van der Waals surface area contributed by atoms with Crippen molar-refractivity contribution in [1.29, 1.82) is 0 Å². The Morgan fingerprint density at radius 1 is 1.08 bits per heavy atom. The molecule has 8 heteroatoms. The van der Waals surface area contributed by atoms with Gasteiger partial charge in [-0.2, -0.15) is 0 Å². The van der Waals surface area contributed by atoms with E-state index in [0.29, 0.717) is 32.4 Å². The Labute approximate surface area is 161 Å². The van der Waals surface area contributed by atoms with Crippen LogP contribution in [0.5, 0.6) is 5.75 Å². The largest absolute Gasteiger partial charge is 0.497 e. The predicted octanol–water partition coefficient (Wildman–Crippen LogP) is 4.69. The lowest BCUT2D eigenvalue weighted by Gasteiger charge is -2.15. The van der Waals surface area contributed by atoms with Gasteiger partial charge in [0.15, 0.2) is 5.11 Å². The third kappa shape index (κ3) is 5.60. The van der Waals surface area contributed by atoms with Crippen LogP contribution in [0.1, 0.15) is 5.56 Å². The topological polar surface area (TPSA) is 45.3 Å². The van der Waals surface area contributed by atoms with Gasteiger partial charge >= 0.3 is 0 Å². The number of halogens is 3. The molecule has 0 unspecified atom stereocenters. The Hall–Kier alpha value is -1.40. The monoisotopic (exact) mass is 403 g/mol. The van der Waals surface area contributed by atoms with E-state index in [4.69, 9.17) is 51.8 Å². The van der Waals surface area contributed by atoms with Gasteiger partial charge < -0.3 is 10.1 Å². The zero-order valence-electron chi connectivity index (χ0n) is 12.8. The number of methoxy groups -OCH3 is 1. The summed E-state index contributed by atoms with van der Waals surface area (Å²) in [4.78, 5) is 0. The molecule has 0 aliphatic rings. The van der Waals surface area contributed by atoms with Crippen LogP contribution in [-0.4, -0.2) is 18.8 Å². The maximum Gasteiger partial charge on any atom is 0.185 e. The van der Waals surface area contributed by atoms with E-state index in [-0.39, 0.29) is 0 Å². The van der Waals surface area contributed by atoms with Crippen LogP contribution in [0.15, 0.2) is 36.4 Å². The van der Waals surface area contributed by atoms with Crippen molar-refractivity contribution in [1.82, 2.24) is 10.7 Å². The average Bonchev–Trinajstić information content (AvgIpc) is 2.54. The van der Waals surface area contributed by atoms with E-state index in [2.05, 4.69) is 16.2 Å². The van der Waals surface area contributed by atoms with Crippen molar-refractivity contribution >= 4 is 57.8 Å². The summed E-state index contributed by atoms with van der Waals surface area (Å²) in [6.45, 7) is 0.682. The van der Waals surface area contributed by atoms with Gasteiger partial charge in [0.25, 0.3) is 0 Å². The number of anilines is 1. The molecule has 2 aromatic rings. The van der Waals surface area contributed by atoms with Crippen LogP contribution in [0.3, 0.4) is 0 Å². The van der Waals surface area contributed by atoms with Crippen molar-refractivity contribution in [2.45, 2.75) is 6.42 Å². The van der Waals surface area contributed by atoms with Crippen LogP contribution in [0.4, 0.5) is 5.69 Å². The van der Waals surface area contributed by atoms with E-state index in [0.717, 1.165) is 12.2 Å². The van der Waals surface area contributed by atoms with E-state index < -0.39 is 0 Å². The Balaban J connectivity index is 1.77. The van der Waals surface area contributed by atoms with Gasteiger partial charge in [-0.1, -0.05) is 46.9 Å². The fourth-order valence-electron chi connectivity index (χ4n) is 1.94. The number of rotatable bonds is 6. The molecule has 0 radical (unpaired) electrons. The smallest absolute Gasteiger partial charge is 0.185 e. The average molecular weight is 405 g/mol. The minimum Gasteiger partial charge on any atom is -0.497 e. The second kappa shape index (κ2) is 9.18. The lowest BCUT2D eigenvalue weighted by atomic mass is 10.1. The highest BCUT2D eigenvalue weighted by Crippen LogP contribution is 2.32. The highest BCUT2D eigenvalue weighted by atomic mass is 35.5. The first kappa shape index (κ1) is 18.9. The van der Waals surface area contributed by atoms with Crippen LogP contribution in [0.2, 0.25) is 15.1 Å². The quantitative estimate of drug-likeness (QED) is 0.481. The number of benzene rings is 2. The van der Waals surface area contributed by atoms with E-state index in [9.17, 15) is 0 Å². The van der Waals surface area contributed by atoms with Crippen LogP contribution >= 0.6 is 47.0 Å². The number of hydrogen-bond acceptors (Lipinski definition) is 3. The SMILES string of the molecule is COc1ccc(CCNC(=S)NNc2c(Cl)cc(Cl)cc2Cl)cc1. The lowest BCUT2D eigenvalue weighted by molar-refractivity contribution is 0.414. The summed E-state index contributed by atoms with van der Waals surface area (Å²) < 4.78 is 5.13. The number of hydrogen-bond donors (Lipinski definition) is 3. The maximum absolute atomic E-state index is 6.08. The molecule has 3 N–H and O–H groups in total. The molecule has 2 aromatic carbocycles. The summed E-state index contributed by atoms with van der Waals surface area (Å²) in [5, 5.41) is 4.81. The highest BCUT2D eigenvalue weighted by molar-refractivity contribution is 7.80. The van der Waals surface area contributed by atoms with Crippen LogP contribution in [0, 0.1) is 0 Å². The molecule has 0 fully saturated rings. The fourth-order valence-corrected chi connectivity index (χ4v) is 3.00. The van der Waals surface area contributed by atoms with Crippen LogP contribution in [-0.2, 0) is 6.42 Å². The molecule has 0 atom stereocenters. The molecule has 24 heavy (non-hydrogen) atoms. The molecule has 0 saturated carbocycles. The molecule has 0 aliphatic carbocycles. The summed E-state index contributed by atoms with van der Waals surface area (Å²) >= 11 is 23.2. The van der Waals surface area contributed by atoms with Crippen molar-refractivity contribution in [3.63, 3.8) is 0 Å². The standard InChI is InChI=1S/C16H16Cl3N3OS/c1-23-12-4-2-10(3-5-12)6-7-20-16(24)22-21-15-13(18)8-11(17)9-14(15)19/h2-5,8-9,21H,6-7H2,1H3,(H2,20,22,24). The molecule has 4 nitrogen and oxygen atoms in total. The summed E-state index contributed by atoms with van der Waals surface area (Å²) in [6.07, 6.45) is 0.828. The van der Waals surface area contributed by atoms with E-state index in [1.807, 2.05) is 24.3 Å². The molecule has 0 bridgehead atoms. The molecule has 0 amide bonds. The number of nitrogens with one attached hydrogen (secondary N) is 3. The zero-order chi connectivity index (χ0) is 17.5. The van der Waals surface area contributed by atoms with Gasteiger partial charge in [0.05, 0.1) is 22.8 Å². The molecule has 0 heterocycles. The summed E-state index contributed by atoms with van der Waals surface area (Å²) in [5.41, 5.74) is 7.42. The van der Waals surface area contributed by atoms with Crippen LogP contribution < -0.4 is 20.9 Å². The predicted molar refractivity (Wildman–Crippen MR) is 106 cm³/mol. The van der Waals surface area contributed by atoms with Gasteiger partial charge in [0.1, 0.15) is 5.75 Å². The van der Waals surface area contributed by atoms with Crippen molar-refractivity contribution in [2.75, 3.05) is 19.1 Å². The summed E-state index contributed by atoms with van der Waals surface area (Å²) in [5.74, 6) is 0.838. The molecule has 128 valence electrons. The zero-order valence-corrected chi connectivity index (χ0v) is 15.9. The second-order valence-corrected chi connectivity index (χ2v) is 6.51. The first-order chi connectivity index (χ1) is 11.5. The van der Waals surface area contributed by atoms with Gasteiger partial charge in [-0.3, -0.25) is 10.9 Å². The number of hydrazine groups is 1. The Morgan fingerprint density at radius 3 is 2.29 bits per heavy atom. The molecule has 2 rings (SSSR count). The number of ether oxygens (including phenoxy) is 1. The minimum atomic E-state index is 0.404. The van der Waals surface area contributed by atoms with E-state index >= 15 is 0 Å². The van der Waals surface area contributed by atoms with Crippen molar-refractivity contribution < 1.29 is 4.74 Å². The fraction of sp³-hybridized carbons (Fsp3) is 0.188. The Bertz CT molecular complexity index is 687.